The Morgan fingerprint density at radius 1 is 0.969 bits per heavy atom. The van der Waals surface area contributed by atoms with Gasteiger partial charge in [-0.25, -0.2) is 4.79 Å². The molecule has 1 heterocycles. The van der Waals surface area contributed by atoms with E-state index in [-0.39, 0.29) is 24.8 Å². The molecule has 5 nitrogen and oxygen atoms in total. The van der Waals surface area contributed by atoms with Gasteiger partial charge in [0, 0.05) is 0 Å². The molecule has 1 fully saturated rings. The van der Waals surface area contributed by atoms with E-state index >= 15 is 0 Å². The molecule has 0 aromatic heterocycles. The maximum atomic E-state index is 12.8. The Balaban J connectivity index is 1.49. The first kappa shape index (κ1) is 21.8. The molecule has 0 saturated carbocycles. The molecule has 0 N–H and O–H groups in total. The Hall–Kier alpha value is -3.47. The molecular formula is C27H29NO4. The molecule has 1 amide bonds. The zero-order valence-electron chi connectivity index (χ0n) is 18.6. The van der Waals surface area contributed by atoms with Crippen LogP contribution in [0.5, 0.6) is 11.5 Å². The highest BCUT2D eigenvalue weighted by Crippen LogP contribution is 2.33. The Labute approximate surface area is 189 Å². The summed E-state index contributed by atoms with van der Waals surface area (Å²) in [6, 6.07) is 25.8. The number of amides is 1. The van der Waals surface area contributed by atoms with Crippen molar-refractivity contribution in [3.05, 3.63) is 95.6 Å². The van der Waals surface area contributed by atoms with Crippen molar-refractivity contribution in [3.63, 3.8) is 0 Å². The molecule has 5 heteroatoms. The zero-order chi connectivity index (χ0) is 22.3. The molecule has 0 aliphatic carbocycles. The van der Waals surface area contributed by atoms with E-state index in [9.17, 15) is 4.79 Å². The second kappa shape index (κ2) is 10.2. The third-order valence-corrected chi connectivity index (χ3v) is 5.64. The topological polar surface area (TPSA) is 48.0 Å². The average Bonchev–Trinajstić information content (AvgIpc) is 3.20. The van der Waals surface area contributed by atoms with E-state index in [1.54, 1.807) is 12.0 Å². The molecule has 0 bridgehead atoms. The molecule has 166 valence electrons. The van der Waals surface area contributed by atoms with Gasteiger partial charge in [-0.3, -0.25) is 4.90 Å². The smallest absolute Gasteiger partial charge is 0.411 e. The van der Waals surface area contributed by atoms with Gasteiger partial charge in [-0.15, -0.1) is 0 Å². The minimum atomic E-state index is -0.363. The number of aryl methyl sites for hydroxylation is 1. The summed E-state index contributed by atoms with van der Waals surface area (Å²) >= 11 is 0. The number of rotatable bonds is 9. The molecule has 1 saturated heterocycles. The molecule has 1 aliphatic heterocycles. The van der Waals surface area contributed by atoms with Gasteiger partial charge in [0.15, 0.2) is 17.6 Å². The second-order valence-corrected chi connectivity index (χ2v) is 7.93. The summed E-state index contributed by atoms with van der Waals surface area (Å²) in [6.07, 6.45) is 1.37. The highest BCUT2D eigenvalue weighted by molar-refractivity contribution is 5.71. The van der Waals surface area contributed by atoms with Crippen molar-refractivity contribution in [2.75, 3.05) is 20.3 Å². The third kappa shape index (κ3) is 4.88. The molecule has 0 spiro atoms. The van der Waals surface area contributed by atoms with Crippen molar-refractivity contribution in [3.8, 4) is 11.5 Å². The molecule has 1 atom stereocenters. The number of ether oxygens (including phenoxy) is 3. The molecule has 1 aliphatic rings. The Bertz CT molecular complexity index is 983. The van der Waals surface area contributed by atoms with Crippen molar-refractivity contribution in [2.45, 2.75) is 31.9 Å². The van der Waals surface area contributed by atoms with Gasteiger partial charge in [0.05, 0.1) is 19.7 Å². The van der Waals surface area contributed by atoms with Crippen molar-refractivity contribution in [2.24, 2.45) is 0 Å². The van der Waals surface area contributed by atoms with Gasteiger partial charge in [0.25, 0.3) is 0 Å². The third-order valence-electron chi connectivity index (χ3n) is 5.64. The lowest BCUT2D eigenvalue weighted by atomic mass is 9.97. The van der Waals surface area contributed by atoms with Crippen LogP contribution in [0.3, 0.4) is 0 Å². The summed E-state index contributed by atoms with van der Waals surface area (Å²) in [6.45, 7) is 2.86. The fourth-order valence-electron chi connectivity index (χ4n) is 4.12. The van der Waals surface area contributed by atoms with Crippen LogP contribution in [0.25, 0.3) is 0 Å². The second-order valence-electron chi connectivity index (χ2n) is 7.93. The van der Waals surface area contributed by atoms with Crippen LogP contribution in [-0.4, -0.2) is 37.4 Å². The van der Waals surface area contributed by atoms with Gasteiger partial charge in [-0.05, 0) is 35.2 Å². The van der Waals surface area contributed by atoms with Crippen molar-refractivity contribution in [1.82, 2.24) is 4.90 Å². The highest BCUT2D eigenvalue weighted by atomic mass is 16.6. The summed E-state index contributed by atoms with van der Waals surface area (Å²) in [7, 11) is 1.64. The van der Waals surface area contributed by atoms with E-state index in [4.69, 9.17) is 14.2 Å². The number of carbonyl (C=O) groups excluding carboxylic acids is 1. The van der Waals surface area contributed by atoms with Crippen LogP contribution < -0.4 is 9.47 Å². The minimum Gasteiger partial charge on any atom is -0.493 e. The normalized spacial score (nSPS) is 15.7. The highest BCUT2D eigenvalue weighted by Gasteiger charge is 2.38. The summed E-state index contributed by atoms with van der Waals surface area (Å²) in [5.41, 5.74) is 3.31. The van der Waals surface area contributed by atoms with Gasteiger partial charge in [0.1, 0.15) is 6.61 Å². The van der Waals surface area contributed by atoms with E-state index in [0.717, 1.165) is 24.0 Å². The Kier molecular flexibility index (Phi) is 6.95. The molecule has 1 unspecified atom stereocenters. The van der Waals surface area contributed by atoms with E-state index in [1.165, 1.54) is 5.56 Å². The predicted molar refractivity (Wildman–Crippen MR) is 124 cm³/mol. The molecule has 3 aromatic rings. The summed E-state index contributed by atoms with van der Waals surface area (Å²) in [5.74, 6) is 1.35. The van der Waals surface area contributed by atoms with Gasteiger partial charge >= 0.3 is 6.09 Å². The lowest BCUT2D eigenvalue weighted by Crippen LogP contribution is -2.32. The fraction of sp³-hybridized carbons (Fsp3) is 0.296. The van der Waals surface area contributed by atoms with E-state index in [0.29, 0.717) is 18.0 Å². The molecule has 0 radical (unpaired) electrons. The number of carbonyl (C=O) groups is 1. The van der Waals surface area contributed by atoms with Crippen molar-refractivity contribution < 1.29 is 19.0 Å². The van der Waals surface area contributed by atoms with E-state index < -0.39 is 0 Å². The van der Waals surface area contributed by atoms with Crippen LogP contribution in [0.4, 0.5) is 4.79 Å². The summed E-state index contributed by atoms with van der Waals surface area (Å²) in [5, 5.41) is 0. The van der Waals surface area contributed by atoms with Crippen LogP contribution in [0.2, 0.25) is 0 Å². The first-order valence-electron chi connectivity index (χ1n) is 11.1. The summed E-state index contributed by atoms with van der Waals surface area (Å²) in [4.78, 5) is 14.6. The monoisotopic (exact) mass is 431 g/mol. The van der Waals surface area contributed by atoms with Crippen LogP contribution in [0.15, 0.2) is 78.9 Å². The van der Waals surface area contributed by atoms with Crippen LogP contribution >= 0.6 is 0 Å². The Morgan fingerprint density at radius 2 is 1.62 bits per heavy atom. The van der Waals surface area contributed by atoms with Gasteiger partial charge < -0.3 is 14.2 Å². The van der Waals surface area contributed by atoms with Gasteiger partial charge in [0.2, 0.25) is 0 Å². The standard InChI is InChI=1S/C27H29NO4/c1-3-10-20-15-16-24(25(17-20)30-2)31-19-23-18-28(27(29)32-23)26(21-11-6-4-7-12-21)22-13-8-5-9-14-22/h4-9,11-17,23,26H,3,10,18-19H2,1-2H3. The Morgan fingerprint density at radius 3 is 2.22 bits per heavy atom. The average molecular weight is 432 g/mol. The first-order valence-corrected chi connectivity index (χ1v) is 11.1. The SMILES string of the molecule is CCCc1ccc(OCC2CN(C(c3ccccc3)c3ccccc3)C(=O)O2)c(OC)c1. The number of hydrogen-bond donors (Lipinski definition) is 0. The van der Waals surface area contributed by atoms with E-state index in [1.807, 2.05) is 72.8 Å². The summed E-state index contributed by atoms with van der Waals surface area (Å²) < 4.78 is 17.2. The quantitative estimate of drug-likeness (QED) is 0.440. The maximum Gasteiger partial charge on any atom is 0.411 e. The molecule has 4 rings (SSSR count). The van der Waals surface area contributed by atoms with E-state index in [2.05, 4.69) is 13.0 Å². The van der Waals surface area contributed by atoms with Crippen LogP contribution in [0.1, 0.15) is 36.1 Å². The molecular weight excluding hydrogens is 402 g/mol. The fourth-order valence-corrected chi connectivity index (χ4v) is 4.12. The molecule has 3 aromatic carbocycles. The molecule has 32 heavy (non-hydrogen) atoms. The first-order chi connectivity index (χ1) is 15.7. The van der Waals surface area contributed by atoms with Crippen molar-refractivity contribution in [1.29, 1.82) is 0 Å². The van der Waals surface area contributed by atoms with Crippen LogP contribution in [0, 0.1) is 0 Å². The minimum absolute atomic E-state index is 0.210. The largest absolute Gasteiger partial charge is 0.493 e. The lowest BCUT2D eigenvalue weighted by molar-refractivity contribution is 0.101. The van der Waals surface area contributed by atoms with Crippen molar-refractivity contribution >= 4 is 6.09 Å². The van der Waals surface area contributed by atoms with Crippen LogP contribution in [-0.2, 0) is 11.2 Å². The zero-order valence-corrected chi connectivity index (χ0v) is 18.6. The number of methoxy groups -OCH3 is 1. The van der Waals surface area contributed by atoms with Gasteiger partial charge in [-0.2, -0.15) is 0 Å². The predicted octanol–water partition coefficient (Wildman–Crippen LogP) is 5.64. The number of benzene rings is 3. The number of hydrogen-bond acceptors (Lipinski definition) is 4. The number of nitrogens with zero attached hydrogens (tertiary/aromatic N) is 1. The van der Waals surface area contributed by atoms with Gasteiger partial charge in [-0.1, -0.05) is 80.1 Å². The number of cyclic esters (lactones) is 1. The lowest BCUT2D eigenvalue weighted by Gasteiger charge is -2.26. The maximum absolute atomic E-state index is 12.8.